The molecular weight excluding hydrogens is 887 g/mol. The van der Waals surface area contributed by atoms with Crippen LogP contribution in [0.4, 0.5) is 0 Å². The van der Waals surface area contributed by atoms with Gasteiger partial charge >= 0.3 is 0 Å². The van der Waals surface area contributed by atoms with Crippen LogP contribution < -0.4 is 5.32 Å². The quantitative estimate of drug-likeness (QED) is 0.0308. The SMILES string of the molecule is CCCCCCCCCCCCCC/C=C\CCCCCCCCCCC(O)C(=O)NC(CO)C(O)C(O)CCCCCCCCCCCCCCCCCCCCCCCCCCCCCCCCCC. The summed E-state index contributed by atoms with van der Waals surface area (Å²) < 4.78 is 0. The molecule has 430 valence electrons. The highest BCUT2D eigenvalue weighted by Gasteiger charge is 2.28. The molecule has 0 aromatic rings. The lowest BCUT2D eigenvalue weighted by Gasteiger charge is -2.27. The minimum absolute atomic E-state index is 0.369. The predicted molar refractivity (Wildman–Crippen MR) is 316 cm³/mol. The van der Waals surface area contributed by atoms with Crippen molar-refractivity contribution in [1.29, 1.82) is 0 Å². The molecule has 0 bridgehead atoms. The molecule has 0 aliphatic carbocycles. The molecule has 4 unspecified atom stereocenters. The average Bonchev–Trinajstić information content (AvgIpc) is 3.39. The van der Waals surface area contributed by atoms with E-state index in [-0.39, 0.29) is 0 Å². The Kier molecular flexibility index (Phi) is 60.1. The van der Waals surface area contributed by atoms with Crippen LogP contribution in [-0.2, 0) is 4.79 Å². The summed E-state index contributed by atoms with van der Waals surface area (Å²) >= 11 is 0. The molecule has 1 amide bonds. The summed E-state index contributed by atoms with van der Waals surface area (Å²) in [6, 6.07) is -0.986. The van der Waals surface area contributed by atoms with Crippen molar-refractivity contribution in [2.45, 2.75) is 398 Å². The van der Waals surface area contributed by atoms with Crippen molar-refractivity contribution in [2.24, 2.45) is 0 Å². The van der Waals surface area contributed by atoms with E-state index in [1.165, 1.54) is 308 Å². The molecule has 0 saturated carbocycles. The summed E-state index contributed by atoms with van der Waals surface area (Å²) in [6.45, 7) is 4.11. The van der Waals surface area contributed by atoms with Crippen LogP contribution in [0.15, 0.2) is 12.2 Å². The van der Waals surface area contributed by atoms with Gasteiger partial charge in [0.15, 0.2) is 0 Å². The van der Waals surface area contributed by atoms with Crippen LogP contribution in [0.5, 0.6) is 0 Å². The molecule has 0 aromatic heterocycles. The molecule has 0 aliphatic rings. The first-order valence-corrected chi connectivity index (χ1v) is 33.1. The molecular formula is C66H131NO5. The summed E-state index contributed by atoms with van der Waals surface area (Å²) in [7, 11) is 0. The zero-order valence-corrected chi connectivity index (χ0v) is 49.0. The monoisotopic (exact) mass is 1020 g/mol. The van der Waals surface area contributed by atoms with E-state index >= 15 is 0 Å². The third kappa shape index (κ3) is 53.9. The highest BCUT2D eigenvalue weighted by Crippen LogP contribution is 2.19. The second kappa shape index (κ2) is 60.9. The molecule has 0 saturated heterocycles. The molecule has 4 atom stereocenters. The largest absolute Gasteiger partial charge is 0.394 e. The number of hydrogen-bond donors (Lipinski definition) is 5. The number of carbonyl (C=O) groups excluding carboxylic acids is 1. The maximum Gasteiger partial charge on any atom is 0.249 e. The summed E-state index contributed by atoms with van der Waals surface area (Å²) in [5.74, 6) is -0.579. The van der Waals surface area contributed by atoms with Crippen molar-refractivity contribution in [1.82, 2.24) is 5.32 Å². The van der Waals surface area contributed by atoms with E-state index in [4.69, 9.17) is 0 Å². The lowest BCUT2D eigenvalue weighted by Crippen LogP contribution is -2.53. The number of rotatable bonds is 62. The first-order valence-electron chi connectivity index (χ1n) is 33.1. The van der Waals surface area contributed by atoms with Crippen molar-refractivity contribution < 1.29 is 25.2 Å². The molecule has 0 fully saturated rings. The molecule has 0 aliphatic heterocycles. The van der Waals surface area contributed by atoms with E-state index in [0.29, 0.717) is 12.8 Å². The smallest absolute Gasteiger partial charge is 0.249 e. The first kappa shape index (κ1) is 71.0. The minimum atomic E-state index is -1.26. The second-order valence-electron chi connectivity index (χ2n) is 23.2. The van der Waals surface area contributed by atoms with Crippen LogP contribution in [0.1, 0.15) is 373 Å². The second-order valence-corrected chi connectivity index (χ2v) is 23.2. The molecule has 5 N–H and O–H groups in total. The minimum Gasteiger partial charge on any atom is -0.394 e. The van der Waals surface area contributed by atoms with Gasteiger partial charge in [-0.25, -0.2) is 0 Å². The van der Waals surface area contributed by atoms with Crippen LogP contribution in [0.3, 0.4) is 0 Å². The lowest BCUT2D eigenvalue weighted by molar-refractivity contribution is -0.132. The highest BCUT2D eigenvalue weighted by molar-refractivity contribution is 5.80. The summed E-state index contributed by atoms with van der Waals surface area (Å²) in [6.07, 6.45) is 74.6. The molecule has 6 heteroatoms. The number of unbranched alkanes of at least 4 members (excludes halogenated alkanes) is 51. The third-order valence-electron chi connectivity index (χ3n) is 16.0. The summed E-state index contributed by atoms with van der Waals surface area (Å²) in [4.78, 5) is 12.6. The van der Waals surface area contributed by atoms with Crippen LogP contribution in [0, 0.1) is 0 Å². The first-order chi connectivity index (χ1) is 35.5. The van der Waals surface area contributed by atoms with E-state index in [1.807, 2.05) is 0 Å². The third-order valence-corrected chi connectivity index (χ3v) is 16.0. The zero-order chi connectivity index (χ0) is 52.3. The van der Waals surface area contributed by atoms with Crippen LogP contribution in [0.25, 0.3) is 0 Å². The van der Waals surface area contributed by atoms with Gasteiger partial charge in [0.2, 0.25) is 5.91 Å². The summed E-state index contributed by atoms with van der Waals surface area (Å²) in [5, 5.41) is 44.2. The van der Waals surface area contributed by atoms with Gasteiger partial charge in [0.1, 0.15) is 12.2 Å². The van der Waals surface area contributed by atoms with Crippen molar-refractivity contribution in [3.8, 4) is 0 Å². The molecule has 0 rings (SSSR count). The molecule has 0 heterocycles. The van der Waals surface area contributed by atoms with E-state index < -0.39 is 36.9 Å². The van der Waals surface area contributed by atoms with Gasteiger partial charge in [0.05, 0.1) is 18.8 Å². The van der Waals surface area contributed by atoms with Crippen LogP contribution >= 0.6 is 0 Å². The van der Waals surface area contributed by atoms with Gasteiger partial charge < -0.3 is 25.7 Å². The van der Waals surface area contributed by atoms with Gasteiger partial charge in [0, 0.05) is 0 Å². The van der Waals surface area contributed by atoms with Gasteiger partial charge in [0.25, 0.3) is 0 Å². The number of carbonyl (C=O) groups is 1. The van der Waals surface area contributed by atoms with E-state index in [1.54, 1.807) is 0 Å². The Morgan fingerprint density at radius 3 is 0.806 bits per heavy atom. The van der Waals surface area contributed by atoms with Crippen LogP contribution in [0.2, 0.25) is 0 Å². The Hall–Kier alpha value is -0.950. The van der Waals surface area contributed by atoms with Crippen LogP contribution in [-0.4, -0.2) is 57.3 Å². The molecule has 0 aromatic carbocycles. The summed E-state index contributed by atoms with van der Waals surface area (Å²) in [5.41, 5.74) is 0. The van der Waals surface area contributed by atoms with E-state index in [9.17, 15) is 25.2 Å². The van der Waals surface area contributed by atoms with Gasteiger partial charge in [-0.15, -0.1) is 0 Å². The molecule has 0 spiro atoms. The van der Waals surface area contributed by atoms with Gasteiger partial charge in [-0.05, 0) is 38.5 Å². The van der Waals surface area contributed by atoms with Crippen molar-refractivity contribution in [3.05, 3.63) is 12.2 Å². The number of nitrogens with one attached hydrogen (secondary N) is 1. The Morgan fingerprint density at radius 1 is 0.333 bits per heavy atom. The maximum absolute atomic E-state index is 12.6. The standard InChI is InChI=1S/C66H131NO5/c1-3-5-7-9-11-13-15-17-19-21-23-25-27-29-30-31-32-33-34-35-36-38-39-41-43-45-47-49-51-53-55-57-59-63(69)65(71)62(61-68)67-66(72)64(70)60-58-56-54-52-50-48-46-44-42-40-37-28-26-24-22-20-18-16-14-12-10-8-6-4-2/h37,40,62-65,68-71H,3-36,38-39,41-61H2,1-2H3,(H,67,72)/b40-37-. The Morgan fingerprint density at radius 2 is 0.556 bits per heavy atom. The number of aliphatic hydroxyl groups excluding tert-OH is 4. The zero-order valence-electron chi connectivity index (χ0n) is 49.0. The normalized spacial score (nSPS) is 13.6. The number of hydrogen-bond acceptors (Lipinski definition) is 5. The van der Waals surface area contributed by atoms with Crippen molar-refractivity contribution in [3.63, 3.8) is 0 Å². The number of amides is 1. The van der Waals surface area contributed by atoms with E-state index in [0.717, 1.165) is 38.5 Å². The Labute approximate surface area is 451 Å². The molecule has 72 heavy (non-hydrogen) atoms. The lowest BCUT2D eigenvalue weighted by atomic mass is 9.99. The van der Waals surface area contributed by atoms with Gasteiger partial charge in [-0.2, -0.15) is 0 Å². The Balaban J connectivity index is 3.54. The fourth-order valence-corrected chi connectivity index (χ4v) is 10.8. The van der Waals surface area contributed by atoms with Gasteiger partial charge in [-0.3, -0.25) is 4.79 Å². The van der Waals surface area contributed by atoms with E-state index in [2.05, 4.69) is 31.3 Å². The van der Waals surface area contributed by atoms with Crippen molar-refractivity contribution >= 4 is 5.91 Å². The average molecular weight is 1020 g/mol. The Bertz CT molecular complexity index is 1050. The number of allylic oxidation sites excluding steroid dienone is 2. The molecule has 6 nitrogen and oxygen atoms in total. The van der Waals surface area contributed by atoms with Crippen molar-refractivity contribution in [2.75, 3.05) is 6.61 Å². The fraction of sp³-hybridized carbons (Fsp3) is 0.955. The fourth-order valence-electron chi connectivity index (χ4n) is 10.8. The number of aliphatic hydroxyl groups is 4. The highest BCUT2D eigenvalue weighted by atomic mass is 16.3. The molecule has 0 radical (unpaired) electrons. The topological polar surface area (TPSA) is 110 Å². The predicted octanol–water partition coefficient (Wildman–Crippen LogP) is 20.0. The maximum atomic E-state index is 12.6. The van der Waals surface area contributed by atoms with Gasteiger partial charge in [-0.1, -0.05) is 347 Å².